The van der Waals surface area contributed by atoms with Crippen molar-refractivity contribution in [3.05, 3.63) is 34.9 Å². The molecule has 0 radical (unpaired) electrons. The number of rotatable bonds is 2. The quantitative estimate of drug-likeness (QED) is 0.245. The van der Waals surface area contributed by atoms with Crippen molar-refractivity contribution in [1.29, 1.82) is 0 Å². The third-order valence-electron chi connectivity index (χ3n) is 1.74. The van der Waals surface area contributed by atoms with Gasteiger partial charge >= 0.3 is 0 Å². The molecule has 3 nitrogen and oxygen atoms in total. The molecule has 8 heteroatoms. The Balaban J connectivity index is 3.45. The fourth-order valence-corrected chi connectivity index (χ4v) is 1.14. The van der Waals surface area contributed by atoms with Crippen molar-refractivity contribution in [3.8, 4) is 0 Å². The molecular weight excluding hydrogens is 236 g/mol. The Bertz CT molecular complexity index is 396. The molecule has 0 amide bonds. The van der Waals surface area contributed by atoms with Gasteiger partial charge in [0, 0.05) is 0 Å². The average Bonchev–Trinajstić information content (AvgIpc) is 2.20. The van der Waals surface area contributed by atoms with Crippen LogP contribution in [0.15, 0.2) is 6.07 Å². The minimum atomic E-state index is -3.16. The molecule has 0 saturated heterocycles. The van der Waals surface area contributed by atoms with E-state index in [2.05, 4.69) is 4.43 Å². The zero-order chi connectivity index (χ0) is 11.8. The van der Waals surface area contributed by atoms with Gasteiger partial charge in [-0.15, -0.1) is 0 Å². The lowest BCUT2D eigenvalue weighted by Crippen LogP contribution is -2.30. The predicted octanol–water partition coefficient (Wildman–Crippen LogP) is -0.365. The molecule has 0 saturated carbocycles. The highest BCUT2D eigenvalue weighted by atomic mass is 28.2. The van der Waals surface area contributed by atoms with Gasteiger partial charge in [0.1, 0.15) is 0 Å². The molecule has 0 aromatic heterocycles. The van der Waals surface area contributed by atoms with E-state index in [0.29, 0.717) is 0 Å². The molecule has 1 aromatic carbocycles. The van der Waals surface area contributed by atoms with Crippen molar-refractivity contribution in [3.63, 3.8) is 0 Å². The van der Waals surface area contributed by atoms with E-state index < -0.39 is 34.8 Å². The van der Waals surface area contributed by atoms with Crippen LogP contribution in [0.5, 0.6) is 0 Å². The van der Waals surface area contributed by atoms with Crippen molar-refractivity contribution in [2.24, 2.45) is 0 Å². The fourth-order valence-electron chi connectivity index (χ4n) is 0.920. The summed E-state index contributed by atoms with van der Waals surface area (Å²) in [4.78, 5) is 0. The third kappa shape index (κ3) is 2.02. The number of halogens is 4. The maximum Gasteiger partial charge on any atom is 0.299 e. The maximum atomic E-state index is 13.0. The zero-order valence-electron chi connectivity index (χ0n) is 7.39. The normalized spacial score (nSPS) is 12.1. The third-order valence-corrected chi connectivity index (χ3v) is 2.31. The van der Waals surface area contributed by atoms with E-state index in [1.165, 1.54) is 0 Å². The summed E-state index contributed by atoms with van der Waals surface area (Å²) in [6.07, 6.45) is 0. The highest BCUT2D eigenvalue weighted by Crippen LogP contribution is 2.26. The Labute approximate surface area is 84.5 Å². The van der Waals surface area contributed by atoms with Crippen LogP contribution in [-0.2, 0) is 10.4 Å². The second-order valence-electron chi connectivity index (χ2n) is 2.66. The monoisotopic (exact) mass is 242 g/mol. The molecule has 15 heavy (non-hydrogen) atoms. The Hall–Kier alpha value is -0.963. The summed E-state index contributed by atoms with van der Waals surface area (Å²) in [7, 11) is -0.231. The summed E-state index contributed by atoms with van der Waals surface area (Å²) in [6.45, 7) is 0. The molecule has 0 aliphatic rings. The zero-order valence-corrected chi connectivity index (χ0v) is 9.39. The van der Waals surface area contributed by atoms with E-state index in [1.807, 2.05) is 0 Å². The van der Waals surface area contributed by atoms with Crippen molar-refractivity contribution in [2.75, 3.05) is 0 Å². The molecule has 2 N–H and O–H groups in total. The smallest absolute Gasteiger partial charge is 0.299 e. The number of benzene rings is 1. The van der Waals surface area contributed by atoms with Crippen molar-refractivity contribution in [2.45, 2.75) is 5.97 Å². The van der Waals surface area contributed by atoms with Crippen molar-refractivity contribution < 1.29 is 32.2 Å². The fraction of sp³-hybridized carbons (Fsp3) is 0.143. The highest BCUT2D eigenvalue weighted by Gasteiger charge is 2.33. The first kappa shape index (κ1) is 12.1. The van der Waals surface area contributed by atoms with Gasteiger partial charge < -0.3 is 14.6 Å². The molecular formula is C7H6F4O3Si. The Morgan fingerprint density at radius 2 is 1.60 bits per heavy atom. The largest absolute Gasteiger partial charge is 0.377 e. The van der Waals surface area contributed by atoms with E-state index >= 15 is 0 Å². The van der Waals surface area contributed by atoms with Gasteiger partial charge in [-0.2, -0.15) is 0 Å². The lowest BCUT2D eigenvalue weighted by molar-refractivity contribution is -0.305. The SMILES string of the molecule is OC(O)(O[SiH3])c1cc(F)c(F)c(F)c1F. The highest BCUT2D eigenvalue weighted by molar-refractivity contribution is 5.98. The van der Waals surface area contributed by atoms with Crippen LogP contribution in [-0.4, -0.2) is 20.7 Å². The molecule has 1 aromatic rings. The minimum absolute atomic E-state index is 0.117. The Kier molecular flexibility index (Phi) is 3.14. The first-order valence-electron chi connectivity index (χ1n) is 3.64. The van der Waals surface area contributed by atoms with Crippen LogP contribution in [0, 0.1) is 23.3 Å². The first-order valence-corrected chi connectivity index (χ1v) is 4.46. The molecule has 0 atom stereocenters. The van der Waals surface area contributed by atoms with Gasteiger partial charge in [-0.3, -0.25) is 0 Å². The minimum Gasteiger partial charge on any atom is -0.377 e. The topological polar surface area (TPSA) is 49.7 Å². The van der Waals surface area contributed by atoms with Crippen molar-refractivity contribution in [1.82, 2.24) is 0 Å². The molecule has 0 aliphatic carbocycles. The number of hydrogen-bond acceptors (Lipinski definition) is 3. The Morgan fingerprint density at radius 1 is 1.07 bits per heavy atom. The van der Waals surface area contributed by atoms with Gasteiger partial charge in [-0.05, 0) is 6.07 Å². The van der Waals surface area contributed by atoms with Crippen molar-refractivity contribution >= 4 is 10.5 Å². The summed E-state index contributed by atoms with van der Waals surface area (Å²) in [5, 5.41) is 18.0. The lowest BCUT2D eigenvalue weighted by Gasteiger charge is -2.21. The van der Waals surface area contributed by atoms with Gasteiger partial charge in [-0.25, -0.2) is 17.6 Å². The molecule has 0 aliphatic heterocycles. The van der Waals surface area contributed by atoms with Crippen LogP contribution in [0.2, 0.25) is 0 Å². The standard InChI is InChI=1S/C7H6F4O3Si/c8-3-1-2(7(12,13)14-15)4(9)6(11)5(3)10/h1,12-13H,15H3. The number of aliphatic hydroxyl groups is 2. The van der Waals surface area contributed by atoms with E-state index in [-0.39, 0.29) is 16.6 Å². The first-order chi connectivity index (χ1) is 6.81. The molecule has 0 spiro atoms. The summed E-state index contributed by atoms with van der Waals surface area (Å²) in [6, 6.07) is 0.117. The van der Waals surface area contributed by atoms with Crippen LogP contribution in [0.25, 0.3) is 0 Å². The summed E-state index contributed by atoms with van der Waals surface area (Å²) >= 11 is 0. The molecule has 0 unspecified atom stereocenters. The molecule has 0 heterocycles. The molecule has 0 bridgehead atoms. The maximum absolute atomic E-state index is 13.0. The van der Waals surface area contributed by atoms with Gasteiger partial charge in [0.25, 0.3) is 5.97 Å². The van der Waals surface area contributed by atoms with E-state index in [1.54, 1.807) is 0 Å². The lowest BCUT2D eigenvalue weighted by atomic mass is 10.1. The van der Waals surface area contributed by atoms with Crippen LogP contribution in [0.3, 0.4) is 0 Å². The molecule has 1 rings (SSSR count). The van der Waals surface area contributed by atoms with E-state index in [0.717, 1.165) is 0 Å². The summed E-state index contributed by atoms with van der Waals surface area (Å²) in [5.41, 5.74) is -1.21. The van der Waals surface area contributed by atoms with Gasteiger partial charge in [-0.1, -0.05) is 0 Å². The summed E-state index contributed by atoms with van der Waals surface area (Å²) in [5.74, 6) is -11.0. The summed E-state index contributed by atoms with van der Waals surface area (Å²) < 4.78 is 54.8. The number of hydrogen-bond donors (Lipinski definition) is 2. The second kappa shape index (κ2) is 3.89. The van der Waals surface area contributed by atoms with Crippen LogP contribution >= 0.6 is 0 Å². The van der Waals surface area contributed by atoms with Gasteiger partial charge in [0.15, 0.2) is 33.8 Å². The van der Waals surface area contributed by atoms with Crippen LogP contribution < -0.4 is 0 Å². The van der Waals surface area contributed by atoms with Gasteiger partial charge in [0.05, 0.1) is 5.56 Å². The van der Waals surface area contributed by atoms with Crippen LogP contribution in [0.1, 0.15) is 5.56 Å². The van der Waals surface area contributed by atoms with E-state index in [4.69, 9.17) is 10.2 Å². The second-order valence-corrected chi connectivity index (χ2v) is 3.07. The molecule has 84 valence electrons. The molecule has 0 fully saturated rings. The van der Waals surface area contributed by atoms with Gasteiger partial charge in [0.2, 0.25) is 0 Å². The average molecular weight is 242 g/mol. The van der Waals surface area contributed by atoms with E-state index in [9.17, 15) is 17.6 Å². The predicted molar refractivity (Wildman–Crippen MR) is 43.4 cm³/mol. The Morgan fingerprint density at radius 3 is 2.07 bits per heavy atom. The van der Waals surface area contributed by atoms with Crippen LogP contribution in [0.4, 0.5) is 17.6 Å².